The zero-order chi connectivity index (χ0) is 10.4. The molecule has 1 heterocycles. The molecule has 3 heteroatoms. The lowest BCUT2D eigenvalue weighted by Crippen LogP contribution is -1.85. The highest BCUT2D eigenvalue weighted by molar-refractivity contribution is 9.10. The summed E-state index contributed by atoms with van der Waals surface area (Å²) >= 11 is 4.98. The number of carbonyl (C=O) groups excluding carboxylic acids is 1. The van der Waals surface area contributed by atoms with Crippen LogP contribution in [0.1, 0.15) is 47.8 Å². The Hall–Kier alpha value is -0.150. The Bertz CT molecular complexity index is 293. The molecule has 0 fully saturated rings. The minimum absolute atomic E-state index is 0.815. The Kier molecular flexibility index (Phi) is 5.41. The number of aldehydes is 1. The third-order valence-corrected chi connectivity index (χ3v) is 4.39. The molecule has 14 heavy (non-hydrogen) atoms. The zero-order valence-corrected chi connectivity index (χ0v) is 10.8. The fourth-order valence-corrected chi connectivity index (χ4v) is 3.02. The van der Waals surface area contributed by atoms with Crippen LogP contribution in [0.2, 0.25) is 0 Å². The van der Waals surface area contributed by atoms with E-state index in [1.54, 1.807) is 0 Å². The number of hydrogen-bond acceptors (Lipinski definition) is 2. The van der Waals surface area contributed by atoms with Gasteiger partial charge in [0.15, 0.2) is 6.29 Å². The number of carbonyl (C=O) groups is 1. The van der Waals surface area contributed by atoms with E-state index in [-0.39, 0.29) is 0 Å². The van der Waals surface area contributed by atoms with Crippen LogP contribution < -0.4 is 0 Å². The standard InChI is InChI=1S/C11H15BrOS/c1-2-3-4-5-6-9-8-14-10(7-13)11(9)12/h7-8H,2-6H2,1H3. The second-order valence-corrected chi connectivity index (χ2v) is 5.07. The molecule has 0 saturated carbocycles. The lowest BCUT2D eigenvalue weighted by Gasteiger charge is -1.98. The monoisotopic (exact) mass is 274 g/mol. The maximum Gasteiger partial charge on any atom is 0.161 e. The average molecular weight is 275 g/mol. The maximum absolute atomic E-state index is 10.6. The fraction of sp³-hybridized carbons (Fsp3) is 0.545. The lowest BCUT2D eigenvalue weighted by atomic mass is 10.1. The molecule has 0 unspecified atom stereocenters. The molecule has 0 atom stereocenters. The maximum atomic E-state index is 10.6. The van der Waals surface area contributed by atoms with Crippen molar-refractivity contribution in [3.8, 4) is 0 Å². The predicted octanol–water partition coefficient (Wildman–Crippen LogP) is 4.45. The van der Waals surface area contributed by atoms with E-state index in [4.69, 9.17) is 0 Å². The Morgan fingerprint density at radius 3 is 2.79 bits per heavy atom. The van der Waals surface area contributed by atoms with Crippen molar-refractivity contribution in [2.24, 2.45) is 0 Å². The molecule has 78 valence electrons. The molecule has 1 aromatic heterocycles. The second-order valence-electron chi connectivity index (χ2n) is 3.37. The van der Waals surface area contributed by atoms with Gasteiger partial charge in [-0.1, -0.05) is 26.2 Å². The molecule has 0 aliphatic rings. The van der Waals surface area contributed by atoms with Crippen molar-refractivity contribution in [2.45, 2.75) is 39.0 Å². The summed E-state index contributed by atoms with van der Waals surface area (Å²) in [6, 6.07) is 0. The molecule has 0 N–H and O–H groups in total. The SMILES string of the molecule is CCCCCCc1csc(C=O)c1Br. The summed E-state index contributed by atoms with van der Waals surface area (Å²) in [4.78, 5) is 11.4. The quantitative estimate of drug-likeness (QED) is 0.554. The van der Waals surface area contributed by atoms with Crippen LogP contribution in [0.15, 0.2) is 9.85 Å². The largest absolute Gasteiger partial charge is 0.297 e. The molecule has 0 bridgehead atoms. The van der Waals surface area contributed by atoms with Crippen LogP contribution in [-0.4, -0.2) is 6.29 Å². The molecule has 0 radical (unpaired) electrons. The van der Waals surface area contributed by atoms with Gasteiger partial charge in [0.1, 0.15) is 0 Å². The zero-order valence-electron chi connectivity index (χ0n) is 8.38. The summed E-state index contributed by atoms with van der Waals surface area (Å²) in [7, 11) is 0. The predicted molar refractivity (Wildman–Crippen MR) is 65.3 cm³/mol. The molecular formula is C11H15BrOS. The van der Waals surface area contributed by atoms with Gasteiger partial charge in [-0.2, -0.15) is 0 Å². The van der Waals surface area contributed by atoms with E-state index in [2.05, 4.69) is 28.2 Å². The minimum Gasteiger partial charge on any atom is -0.297 e. The van der Waals surface area contributed by atoms with Crippen molar-refractivity contribution in [2.75, 3.05) is 0 Å². The van der Waals surface area contributed by atoms with Gasteiger partial charge in [-0.3, -0.25) is 4.79 Å². The molecule has 0 saturated heterocycles. The Balaban J connectivity index is 2.42. The Morgan fingerprint density at radius 1 is 1.43 bits per heavy atom. The third-order valence-electron chi connectivity index (χ3n) is 2.23. The molecule has 1 aromatic rings. The highest BCUT2D eigenvalue weighted by Crippen LogP contribution is 2.28. The van der Waals surface area contributed by atoms with E-state index in [0.29, 0.717) is 0 Å². The van der Waals surface area contributed by atoms with Crippen molar-refractivity contribution in [1.29, 1.82) is 0 Å². The summed E-state index contributed by atoms with van der Waals surface area (Å²) < 4.78 is 1.01. The van der Waals surface area contributed by atoms with E-state index >= 15 is 0 Å². The molecule has 0 aliphatic carbocycles. The molecular weight excluding hydrogens is 260 g/mol. The van der Waals surface area contributed by atoms with Crippen LogP contribution in [0.5, 0.6) is 0 Å². The highest BCUT2D eigenvalue weighted by atomic mass is 79.9. The summed E-state index contributed by atoms with van der Waals surface area (Å²) in [5, 5.41) is 2.08. The van der Waals surface area contributed by atoms with E-state index in [0.717, 1.165) is 22.1 Å². The third kappa shape index (κ3) is 3.21. The fourth-order valence-electron chi connectivity index (χ4n) is 1.39. The molecule has 0 aliphatic heterocycles. The second kappa shape index (κ2) is 6.36. The Labute approximate surface area is 97.7 Å². The van der Waals surface area contributed by atoms with Gasteiger partial charge in [-0.05, 0) is 39.7 Å². The molecule has 0 spiro atoms. The van der Waals surface area contributed by atoms with E-state index in [1.807, 2.05) is 0 Å². The lowest BCUT2D eigenvalue weighted by molar-refractivity contribution is 0.112. The van der Waals surface area contributed by atoms with E-state index in [9.17, 15) is 4.79 Å². The van der Waals surface area contributed by atoms with Crippen molar-refractivity contribution in [1.82, 2.24) is 0 Å². The van der Waals surface area contributed by atoms with Crippen LogP contribution in [0.25, 0.3) is 0 Å². The Morgan fingerprint density at radius 2 is 2.21 bits per heavy atom. The van der Waals surface area contributed by atoms with Gasteiger partial charge >= 0.3 is 0 Å². The van der Waals surface area contributed by atoms with Crippen LogP contribution in [0, 0.1) is 0 Å². The first-order valence-corrected chi connectivity index (χ1v) is 6.68. The average Bonchev–Trinajstić information content (AvgIpc) is 2.55. The van der Waals surface area contributed by atoms with E-state index in [1.165, 1.54) is 42.6 Å². The molecule has 1 nitrogen and oxygen atoms in total. The first-order chi connectivity index (χ1) is 6.79. The summed E-state index contributed by atoms with van der Waals surface area (Å²) in [6.45, 7) is 2.21. The number of aryl methyl sites for hydroxylation is 1. The first-order valence-electron chi connectivity index (χ1n) is 5.00. The topological polar surface area (TPSA) is 17.1 Å². The van der Waals surface area contributed by atoms with Crippen molar-refractivity contribution in [3.63, 3.8) is 0 Å². The van der Waals surface area contributed by atoms with Crippen molar-refractivity contribution in [3.05, 3.63) is 20.3 Å². The molecule has 0 aromatic carbocycles. The van der Waals surface area contributed by atoms with Gasteiger partial charge in [-0.25, -0.2) is 0 Å². The van der Waals surface area contributed by atoms with Gasteiger partial charge in [0.2, 0.25) is 0 Å². The number of hydrogen-bond donors (Lipinski definition) is 0. The van der Waals surface area contributed by atoms with Crippen LogP contribution in [0.4, 0.5) is 0 Å². The van der Waals surface area contributed by atoms with Crippen molar-refractivity contribution < 1.29 is 4.79 Å². The van der Waals surface area contributed by atoms with Gasteiger partial charge in [0.25, 0.3) is 0 Å². The number of thiophene rings is 1. The van der Waals surface area contributed by atoms with Crippen LogP contribution >= 0.6 is 27.3 Å². The highest BCUT2D eigenvalue weighted by Gasteiger charge is 2.07. The molecule has 1 rings (SSSR count). The van der Waals surface area contributed by atoms with E-state index < -0.39 is 0 Å². The summed E-state index contributed by atoms with van der Waals surface area (Å²) in [5.74, 6) is 0. The minimum atomic E-state index is 0.815. The summed E-state index contributed by atoms with van der Waals surface area (Å²) in [6.07, 6.45) is 7.10. The van der Waals surface area contributed by atoms with Gasteiger partial charge in [-0.15, -0.1) is 11.3 Å². The van der Waals surface area contributed by atoms with Gasteiger partial charge in [0.05, 0.1) is 4.88 Å². The smallest absolute Gasteiger partial charge is 0.161 e. The van der Waals surface area contributed by atoms with Gasteiger partial charge < -0.3 is 0 Å². The first kappa shape index (κ1) is 11.9. The molecule has 0 amide bonds. The van der Waals surface area contributed by atoms with Crippen LogP contribution in [-0.2, 0) is 6.42 Å². The number of unbranched alkanes of at least 4 members (excludes halogenated alkanes) is 3. The van der Waals surface area contributed by atoms with Crippen LogP contribution in [0.3, 0.4) is 0 Å². The summed E-state index contributed by atoms with van der Waals surface area (Å²) in [5.41, 5.74) is 1.29. The van der Waals surface area contributed by atoms with Crippen molar-refractivity contribution >= 4 is 33.6 Å². The number of halogens is 1. The van der Waals surface area contributed by atoms with Gasteiger partial charge in [0, 0.05) is 4.47 Å². The normalized spacial score (nSPS) is 10.4. The number of rotatable bonds is 6.